The fourth-order valence-corrected chi connectivity index (χ4v) is 1.13. The minimum absolute atomic E-state index is 0.225. The van der Waals surface area contributed by atoms with Crippen LogP contribution < -0.4 is 5.32 Å². The number of hydrogen-bond acceptors (Lipinski definition) is 2. The van der Waals surface area contributed by atoms with Gasteiger partial charge in [-0.1, -0.05) is 34.6 Å². The molecular formula is C12H26N2. The number of rotatable bonds is 4. The van der Waals surface area contributed by atoms with Crippen molar-refractivity contribution in [1.82, 2.24) is 5.32 Å². The van der Waals surface area contributed by atoms with Crippen molar-refractivity contribution in [2.24, 2.45) is 10.4 Å². The predicted molar refractivity (Wildman–Crippen MR) is 65.1 cm³/mol. The average molecular weight is 198 g/mol. The van der Waals surface area contributed by atoms with Crippen molar-refractivity contribution in [3.05, 3.63) is 0 Å². The molecule has 0 saturated carbocycles. The van der Waals surface area contributed by atoms with Gasteiger partial charge in [-0.25, -0.2) is 0 Å². The van der Waals surface area contributed by atoms with Crippen LogP contribution in [0.4, 0.5) is 0 Å². The van der Waals surface area contributed by atoms with Gasteiger partial charge in [0.2, 0.25) is 0 Å². The van der Waals surface area contributed by atoms with E-state index >= 15 is 0 Å². The second kappa shape index (κ2) is 5.50. The van der Waals surface area contributed by atoms with E-state index in [1.807, 2.05) is 0 Å². The molecule has 1 unspecified atom stereocenters. The van der Waals surface area contributed by atoms with Crippen LogP contribution in [-0.4, -0.2) is 24.3 Å². The zero-order chi connectivity index (χ0) is 11.4. The highest BCUT2D eigenvalue weighted by atomic mass is 15.0. The standard InChI is InChI=1S/C12H26N2/c1-9(2)13-8-11(12(5,6)7)14-10(3)4/h8-11,14H,1-7H3. The molecule has 0 saturated heterocycles. The zero-order valence-corrected chi connectivity index (χ0v) is 10.8. The molecule has 0 aromatic rings. The molecule has 0 radical (unpaired) electrons. The Labute approximate surface area is 89.2 Å². The maximum absolute atomic E-state index is 4.46. The lowest BCUT2D eigenvalue weighted by Gasteiger charge is -2.30. The maximum atomic E-state index is 4.46. The minimum atomic E-state index is 0.225. The van der Waals surface area contributed by atoms with Crippen LogP contribution in [0, 0.1) is 5.41 Å². The van der Waals surface area contributed by atoms with Gasteiger partial charge in [0, 0.05) is 24.3 Å². The van der Waals surface area contributed by atoms with E-state index in [1.54, 1.807) is 0 Å². The first kappa shape index (κ1) is 13.6. The first-order valence-electron chi connectivity index (χ1n) is 5.53. The monoisotopic (exact) mass is 198 g/mol. The predicted octanol–water partition coefficient (Wildman–Crippen LogP) is 2.88. The van der Waals surface area contributed by atoms with E-state index < -0.39 is 0 Å². The quantitative estimate of drug-likeness (QED) is 0.690. The lowest BCUT2D eigenvalue weighted by atomic mass is 9.87. The van der Waals surface area contributed by atoms with Crippen molar-refractivity contribution < 1.29 is 0 Å². The molecule has 84 valence electrons. The Morgan fingerprint density at radius 2 is 1.57 bits per heavy atom. The van der Waals surface area contributed by atoms with Gasteiger partial charge in [-0.15, -0.1) is 0 Å². The van der Waals surface area contributed by atoms with Crippen molar-refractivity contribution in [2.75, 3.05) is 0 Å². The van der Waals surface area contributed by atoms with E-state index in [0.29, 0.717) is 18.1 Å². The molecule has 14 heavy (non-hydrogen) atoms. The topological polar surface area (TPSA) is 24.4 Å². The normalized spacial score (nSPS) is 15.8. The summed E-state index contributed by atoms with van der Waals surface area (Å²) in [6, 6.07) is 1.23. The molecule has 0 amide bonds. The smallest absolute Gasteiger partial charge is 0.0471 e. The third kappa shape index (κ3) is 6.14. The molecule has 0 heterocycles. The van der Waals surface area contributed by atoms with E-state index in [-0.39, 0.29) is 5.41 Å². The van der Waals surface area contributed by atoms with Crippen LogP contribution in [-0.2, 0) is 0 Å². The highest BCUT2D eigenvalue weighted by Crippen LogP contribution is 2.18. The third-order valence-corrected chi connectivity index (χ3v) is 1.98. The summed E-state index contributed by atoms with van der Waals surface area (Å²) < 4.78 is 0. The highest BCUT2D eigenvalue weighted by Gasteiger charge is 2.23. The summed E-state index contributed by atoms with van der Waals surface area (Å²) in [5.74, 6) is 0. The number of nitrogens with zero attached hydrogens (tertiary/aromatic N) is 1. The van der Waals surface area contributed by atoms with Crippen LogP contribution in [0.15, 0.2) is 4.99 Å². The van der Waals surface area contributed by atoms with Crippen molar-refractivity contribution in [3.63, 3.8) is 0 Å². The SMILES string of the molecule is CC(C)N=CC(NC(C)C)C(C)(C)C. The van der Waals surface area contributed by atoms with Crippen LogP contribution in [0.25, 0.3) is 0 Å². The van der Waals surface area contributed by atoms with Crippen LogP contribution >= 0.6 is 0 Å². The Hall–Kier alpha value is -0.370. The van der Waals surface area contributed by atoms with Gasteiger partial charge in [0.05, 0.1) is 0 Å². The van der Waals surface area contributed by atoms with Gasteiger partial charge >= 0.3 is 0 Å². The van der Waals surface area contributed by atoms with Gasteiger partial charge in [0.1, 0.15) is 0 Å². The molecule has 2 heteroatoms. The van der Waals surface area contributed by atoms with Crippen LogP contribution in [0.2, 0.25) is 0 Å². The van der Waals surface area contributed by atoms with Gasteiger partial charge in [-0.05, 0) is 19.3 Å². The number of aliphatic imine (C=N–C) groups is 1. The van der Waals surface area contributed by atoms with Crippen molar-refractivity contribution in [1.29, 1.82) is 0 Å². The molecule has 0 bridgehead atoms. The molecule has 0 aliphatic rings. The summed E-state index contributed by atoms with van der Waals surface area (Å²) in [6.07, 6.45) is 2.06. The van der Waals surface area contributed by atoms with Gasteiger partial charge in [-0.2, -0.15) is 0 Å². The Balaban J connectivity index is 4.41. The molecule has 0 aliphatic carbocycles. The van der Waals surface area contributed by atoms with Gasteiger partial charge < -0.3 is 5.32 Å². The Morgan fingerprint density at radius 1 is 1.07 bits per heavy atom. The molecule has 2 nitrogen and oxygen atoms in total. The molecule has 0 aromatic heterocycles. The fraction of sp³-hybridized carbons (Fsp3) is 0.917. The van der Waals surface area contributed by atoms with E-state index in [4.69, 9.17) is 0 Å². The summed E-state index contributed by atoms with van der Waals surface area (Å²) in [6.45, 7) is 15.2. The Morgan fingerprint density at radius 3 is 1.86 bits per heavy atom. The molecule has 0 fully saturated rings. The molecule has 0 aliphatic heterocycles. The summed E-state index contributed by atoms with van der Waals surface area (Å²) in [5.41, 5.74) is 0.225. The van der Waals surface area contributed by atoms with Crippen molar-refractivity contribution >= 4 is 6.21 Å². The van der Waals surface area contributed by atoms with Crippen LogP contribution in [0.5, 0.6) is 0 Å². The lowest BCUT2D eigenvalue weighted by Crippen LogP contribution is -2.45. The van der Waals surface area contributed by atoms with Crippen LogP contribution in [0.3, 0.4) is 0 Å². The van der Waals surface area contributed by atoms with Gasteiger partial charge in [-0.3, -0.25) is 4.99 Å². The maximum Gasteiger partial charge on any atom is 0.0471 e. The molecule has 1 atom stereocenters. The molecule has 1 N–H and O–H groups in total. The van der Waals surface area contributed by atoms with Gasteiger partial charge in [0.15, 0.2) is 0 Å². The third-order valence-electron chi connectivity index (χ3n) is 1.98. The summed E-state index contributed by atoms with van der Waals surface area (Å²) in [7, 11) is 0. The minimum Gasteiger partial charge on any atom is -0.306 e. The van der Waals surface area contributed by atoms with Gasteiger partial charge in [0.25, 0.3) is 0 Å². The van der Waals surface area contributed by atoms with E-state index in [0.717, 1.165) is 0 Å². The Kier molecular flexibility index (Phi) is 5.35. The first-order valence-corrected chi connectivity index (χ1v) is 5.53. The van der Waals surface area contributed by atoms with Crippen LogP contribution in [0.1, 0.15) is 48.5 Å². The fourth-order valence-electron chi connectivity index (χ4n) is 1.13. The zero-order valence-electron chi connectivity index (χ0n) is 10.8. The van der Waals surface area contributed by atoms with Crippen molar-refractivity contribution in [3.8, 4) is 0 Å². The second-order valence-corrected chi connectivity index (χ2v) is 5.56. The molecule has 0 spiro atoms. The largest absolute Gasteiger partial charge is 0.306 e. The highest BCUT2D eigenvalue weighted by molar-refractivity contribution is 5.65. The number of nitrogens with one attached hydrogen (secondary N) is 1. The first-order chi connectivity index (χ1) is 6.23. The molecule has 0 rings (SSSR count). The summed E-state index contributed by atoms with van der Waals surface area (Å²) in [4.78, 5) is 4.46. The second-order valence-electron chi connectivity index (χ2n) is 5.56. The lowest BCUT2D eigenvalue weighted by molar-refractivity contribution is 0.318. The summed E-state index contributed by atoms with van der Waals surface area (Å²) >= 11 is 0. The van der Waals surface area contributed by atoms with E-state index in [9.17, 15) is 0 Å². The molecule has 0 aromatic carbocycles. The Bertz CT molecular complexity index is 175. The average Bonchev–Trinajstić information content (AvgIpc) is 1.94. The van der Waals surface area contributed by atoms with Crippen molar-refractivity contribution in [2.45, 2.75) is 66.6 Å². The molecular weight excluding hydrogens is 172 g/mol. The number of hydrogen-bond donors (Lipinski definition) is 1. The van der Waals surface area contributed by atoms with E-state index in [1.165, 1.54) is 0 Å². The summed E-state index contributed by atoms with van der Waals surface area (Å²) in [5, 5.41) is 3.53. The van der Waals surface area contributed by atoms with E-state index in [2.05, 4.69) is 65.0 Å².